The van der Waals surface area contributed by atoms with Crippen LogP contribution in [0, 0.1) is 0 Å². The van der Waals surface area contributed by atoms with Gasteiger partial charge in [0.05, 0.1) is 31.4 Å². The van der Waals surface area contributed by atoms with Crippen molar-refractivity contribution in [3.63, 3.8) is 0 Å². The van der Waals surface area contributed by atoms with Gasteiger partial charge in [-0.05, 0) is 43.0 Å². The number of likely N-dealkylation sites (tertiary alicyclic amines) is 1. The molecule has 0 atom stereocenters. The van der Waals surface area contributed by atoms with Gasteiger partial charge in [0.2, 0.25) is 5.91 Å². The van der Waals surface area contributed by atoms with Gasteiger partial charge >= 0.3 is 0 Å². The average Bonchev–Trinajstić information content (AvgIpc) is 2.87. The van der Waals surface area contributed by atoms with Crippen LogP contribution in [-0.4, -0.2) is 53.7 Å². The molecule has 0 unspecified atom stereocenters. The van der Waals surface area contributed by atoms with Crippen LogP contribution >= 0.6 is 11.6 Å². The van der Waals surface area contributed by atoms with Crippen LogP contribution in [0.2, 0.25) is 5.02 Å². The van der Waals surface area contributed by atoms with E-state index in [1.807, 2.05) is 12.1 Å². The second-order valence-electron chi connectivity index (χ2n) is 8.82. The third-order valence-corrected chi connectivity index (χ3v) is 6.66. The predicted octanol–water partition coefficient (Wildman–Crippen LogP) is 3.63. The third-order valence-electron chi connectivity index (χ3n) is 6.40. The highest BCUT2D eigenvalue weighted by molar-refractivity contribution is 6.30. The van der Waals surface area contributed by atoms with Gasteiger partial charge in [0, 0.05) is 49.7 Å². The molecule has 0 aliphatic carbocycles. The van der Waals surface area contributed by atoms with Crippen LogP contribution in [-0.2, 0) is 17.9 Å². The number of benzene rings is 2. The van der Waals surface area contributed by atoms with E-state index in [2.05, 4.69) is 27.3 Å². The monoisotopic (exact) mass is 498 g/mol. The highest BCUT2D eigenvalue weighted by atomic mass is 35.5. The van der Waals surface area contributed by atoms with Gasteiger partial charge in [-0.25, -0.2) is 4.98 Å². The lowest BCUT2D eigenvalue weighted by molar-refractivity contribution is -0.122. The molecule has 1 aliphatic rings. The first kappa shape index (κ1) is 25.0. The second-order valence-corrected chi connectivity index (χ2v) is 9.25. The van der Waals surface area contributed by atoms with Gasteiger partial charge in [0.1, 0.15) is 0 Å². The van der Waals surface area contributed by atoms with E-state index in [0.717, 1.165) is 37.5 Å². The van der Waals surface area contributed by atoms with E-state index in [0.29, 0.717) is 41.8 Å². The standard InChI is InChI=1S/C26H31ClN4O4/c1-34-23-14-21-22(15-24(23)35-2)28-17-31(26(21)33)11-3-4-25(32)29-20-9-12-30(13-10-20)16-18-5-7-19(27)8-6-18/h5-8,14-15,17,20H,3-4,9-13,16H2,1-2H3,(H,29,32). The molecule has 0 spiro atoms. The number of carbonyl (C=O) groups is 1. The maximum atomic E-state index is 12.9. The number of piperidine rings is 1. The van der Waals surface area contributed by atoms with Gasteiger partial charge in [0.25, 0.3) is 5.56 Å². The minimum atomic E-state index is -0.163. The molecule has 1 amide bonds. The number of halogens is 1. The fourth-order valence-electron chi connectivity index (χ4n) is 4.44. The van der Waals surface area contributed by atoms with Crippen molar-refractivity contribution in [3.8, 4) is 11.5 Å². The molecule has 2 aromatic carbocycles. The Balaban J connectivity index is 1.24. The Morgan fingerprint density at radius 3 is 2.49 bits per heavy atom. The molecule has 1 fully saturated rings. The average molecular weight is 499 g/mol. The first-order chi connectivity index (χ1) is 17.0. The van der Waals surface area contributed by atoms with Gasteiger partial charge < -0.3 is 14.8 Å². The number of fused-ring (bicyclic) bond motifs is 1. The Labute approximate surface area is 209 Å². The zero-order valence-electron chi connectivity index (χ0n) is 20.1. The molecule has 1 saturated heterocycles. The number of nitrogens with zero attached hydrogens (tertiary/aromatic N) is 3. The number of hydrogen-bond donors (Lipinski definition) is 1. The fraction of sp³-hybridized carbons (Fsp3) is 0.423. The number of methoxy groups -OCH3 is 2. The van der Waals surface area contributed by atoms with E-state index in [4.69, 9.17) is 21.1 Å². The van der Waals surface area contributed by atoms with Crippen LogP contribution in [0.25, 0.3) is 10.9 Å². The van der Waals surface area contributed by atoms with Gasteiger partial charge in [-0.1, -0.05) is 23.7 Å². The van der Waals surface area contributed by atoms with Gasteiger partial charge in [-0.2, -0.15) is 0 Å². The highest BCUT2D eigenvalue weighted by Gasteiger charge is 2.20. The Kier molecular flexibility index (Phi) is 8.25. The van der Waals surface area contributed by atoms with Crippen molar-refractivity contribution in [3.05, 3.63) is 63.7 Å². The molecule has 1 N–H and O–H groups in total. The first-order valence-corrected chi connectivity index (χ1v) is 12.2. The zero-order chi connectivity index (χ0) is 24.8. The van der Waals surface area contributed by atoms with Crippen LogP contribution in [0.4, 0.5) is 0 Å². The van der Waals surface area contributed by atoms with E-state index in [-0.39, 0.29) is 17.5 Å². The summed E-state index contributed by atoms with van der Waals surface area (Å²) in [4.78, 5) is 32.1. The summed E-state index contributed by atoms with van der Waals surface area (Å²) in [5, 5.41) is 4.36. The Bertz CT molecular complexity index is 1220. The third kappa shape index (κ3) is 6.32. The number of ether oxygens (including phenoxy) is 2. The molecule has 35 heavy (non-hydrogen) atoms. The predicted molar refractivity (Wildman–Crippen MR) is 136 cm³/mol. The fourth-order valence-corrected chi connectivity index (χ4v) is 4.56. The largest absolute Gasteiger partial charge is 0.493 e. The molecule has 0 radical (unpaired) electrons. The molecule has 3 aromatic rings. The molecular formula is C26H31ClN4O4. The smallest absolute Gasteiger partial charge is 0.261 e. The highest BCUT2D eigenvalue weighted by Crippen LogP contribution is 2.29. The number of hydrogen-bond acceptors (Lipinski definition) is 6. The van der Waals surface area contributed by atoms with Crippen molar-refractivity contribution in [1.82, 2.24) is 19.8 Å². The summed E-state index contributed by atoms with van der Waals surface area (Å²) >= 11 is 5.96. The Morgan fingerprint density at radius 1 is 1.11 bits per heavy atom. The van der Waals surface area contributed by atoms with Gasteiger partial charge in [0.15, 0.2) is 11.5 Å². The van der Waals surface area contributed by atoms with Crippen LogP contribution in [0.3, 0.4) is 0 Å². The van der Waals surface area contributed by atoms with Crippen LogP contribution in [0.1, 0.15) is 31.2 Å². The summed E-state index contributed by atoms with van der Waals surface area (Å²) in [7, 11) is 3.07. The summed E-state index contributed by atoms with van der Waals surface area (Å²) in [5.41, 5.74) is 1.63. The van der Waals surface area contributed by atoms with E-state index >= 15 is 0 Å². The van der Waals surface area contributed by atoms with Crippen LogP contribution in [0.15, 0.2) is 47.5 Å². The number of rotatable bonds is 9. The van der Waals surface area contributed by atoms with Gasteiger partial charge in [-0.3, -0.25) is 19.1 Å². The lowest BCUT2D eigenvalue weighted by Gasteiger charge is -2.32. The maximum Gasteiger partial charge on any atom is 0.261 e. The number of nitrogens with one attached hydrogen (secondary N) is 1. The van der Waals surface area contributed by atoms with E-state index in [9.17, 15) is 9.59 Å². The van der Waals surface area contributed by atoms with Crippen LogP contribution < -0.4 is 20.3 Å². The normalized spacial score (nSPS) is 14.7. The van der Waals surface area contributed by atoms with Crippen LogP contribution in [0.5, 0.6) is 11.5 Å². The maximum absolute atomic E-state index is 12.9. The summed E-state index contributed by atoms with van der Waals surface area (Å²) in [6.45, 7) is 3.20. The molecule has 4 rings (SSSR count). The molecule has 9 heteroatoms. The van der Waals surface area contributed by atoms with Crippen molar-refractivity contribution in [2.75, 3.05) is 27.3 Å². The Hall–Kier alpha value is -3.10. The van der Waals surface area contributed by atoms with Crippen molar-refractivity contribution in [2.45, 2.75) is 44.8 Å². The number of aromatic nitrogens is 2. The van der Waals surface area contributed by atoms with Crippen molar-refractivity contribution in [2.24, 2.45) is 0 Å². The summed E-state index contributed by atoms with van der Waals surface area (Å²) in [5.74, 6) is 1.03. The molecule has 0 saturated carbocycles. The summed E-state index contributed by atoms with van der Waals surface area (Å²) in [6, 6.07) is 11.5. The zero-order valence-corrected chi connectivity index (χ0v) is 20.9. The van der Waals surface area contributed by atoms with E-state index < -0.39 is 0 Å². The number of carbonyl (C=O) groups excluding carboxylic acids is 1. The minimum absolute atomic E-state index is 0.0226. The van der Waals surface area contributed by atoms with Crippen molar-refractivity contribution < 1.29 is 14.3 Å². The van der Waals surface area contributed by atoms with E-state index in [1.165, 1.54) is 23.6 Å². The van der Waals surface area contributed by atoms with Crippen molar-refractivity contribution in [1.29, 1.82) is 0 Å². The summed E-state index contributed by atoms with van der Waals surface area (Å²) < 4.78 is 12.1. The van der Waals surface area contributed by atoms with Gasteiger partial charge in [-0.15, -0.1) is 0 Å². The first-order valence-electron chi connectivity index (χ1n) is 11.8. The molecule has 1 aromatic heterocycles. The lowest BCUT2D eigenvalue weighted by atomic mass is 10.0. The molecule has 8 nitrogen and oxygen atoms in total. The lowest BCUT2D eigenvalue weighted by Crippen LogP contribution is -2.44. The number of amides is 1. The minimum Gasteiger partial charge on any atom is -0.493 e. The molecular weight excluding hydrogens is 468 g/mol. The SMILES string of the molecule is COc1cc2ncn(CCCC(=O)NC3CCN(Cc4ccc(Cl)cc4)CC3)c(=O)c2cc1OC. The quantitative estimate of drug-likeness (QED) is 0.485. The Morgan fingerprint density at radius 2 is 1.80 bits per heavy atom. The summed E-state index contributed by atoms with van der Waals surface area (Å²) in [6.07, 6.45) is 4.30. The topological polar surface area (TPSA) is 85.7 Å². The second kappa shape index (κ2) is 11.6. The molecule has 0 bridgehead atoms. The van der Waals surface area contributed by atoms with Crippen molar-refractivity contribution >= 4 is 28.4 Å². The molecule has 186 valence electrons. The molecule has 1 aliphatic heterocycles. The molecule has 2 heterocycles. The van der Waals surface area contributed by atoms with E-state index in [1.54, 1.807) is 19.2 Å². The number of aryl methyl sites for hydroxylation is 1.